The largest absolute Gasteiger partial charge is 0.303 e. The van der Waals surface area contributed by atoms with Gasteiger partial charge in [0, 0.05) is 17.4 Å². The average molecular weight is 480 g/mol. The Hall–Kier alpha value is -2.00. The molecule has 0 unspecified atom stereocenters. The van der Waals surface area contributed by atoms with Crippen molar-refractivity contribution < 1.29 is 4.79 Å². The molecule has 0 saturated carbocycles. The first kappa shape index (κ1) is 28.2. The van der Waals surface area contributed by atoms with E-state index in [0.29, 0.717) is 0 Å². The Kier molecular flexibility index (Phi) is 11.0. The Labute approximate surface area is 213 Å². The van der Waals surface area contributed by atoms with Crippen LogP contribution >= 0.6 is 11.8 Å². The Morgan fingerprint density at radius 1 is 0.941 bits per heavy atom. The molecule has 2 rings (SSSR count). The number of rotatable bonds is 11. The third-order valence-corrected chi connectivity index (χ3v) is 7.41. The van der Waals surface area contributed by atoms with E-state index < -0.39 is 0 Å². The van der Waals surface area contributed by atoms with Crippen molar-refractivity contribution >= 4 is 28.9 Å². The van der Waals surface area contributed by atoms with Crippen LogP contribution in [0.25, 0.3) is 5.57 Å². The van der Waals surface area contributed by atoms with Crippen LogP contribution in [0.5, 0.6) is 0 Å². The fourth-order valence-corrected chi connectivity index (χ4v) is 5.55. The highest BCUT2D eigenvalue weighted by molar-refractivity contribution is 7.99. The molecule has 1 heterocycles. The lowest BCUT2D eigenvalue weighted by atomic mass is 9.89. The number of thioether (sulfide) groups is 1. The van der Waals surface area contributed by atoms with Gasteiger partial charge in [0.05, 0.1) is 11.2 Å². The summed E-state index contributed by atoms with van der Waals surface area (Å²) in [4.78, 5) is 15.5. The lowest BCUT2D eigenvalue weighted by molar-refractivity contribution is -0.117. The van der Waals surface area contributed by atoms with Gasteiger partial charge in [0.1, 0.15) is 0 Å². The summed E-state index contributed by atoms with van der Waals surface area (Å²) in [6.07, 6.45) is 16.3. The number of allylic oxidation sites excluding steroid dienone is 7. The van der Waals surface area contributed by atoms with Crippen molar-refractivity contribution in [3.63, 3.8) is 0 Å². The SMILES string of the molecule is CC(=O)N1c2ccc(SCCCC=C(C)CCC=C(C)CCC=C(C)C)cc2C(C)=CC1(C)C. The minimum Gasteiger partial charge on any atom is -0.303 e. The standard InChI is InChI=1S/C31H45NOS/c1-23(2)13-11-15-25(4)17-12-16-24(3)14-9-10-20-34-28-18-19-30-29(21-28)26(5)22-31(7,8)32(30)27(6)33/h13-14,17-19,21-22H,9-12,15-16,20H2,1-8H3. The average Bonchev–Trinajstić information content (AvgIpc) is 2.72. The van der Waals surface area contributed by atoms with Crippen LogP contribution in [0, 0.1) is 0 Å². The molecule has 0 saturated heterocycles. The summed E-state index contributed by atoms with van der Waals surface area (Å²) in [6, 6.07) is 6.54. The first-order chi connectivity index (χ1) is 16.0. The lowest BCUT2D eigenvalue weighted by Gasteiger charge is -2.41. The summed E-state index contributed by atoms with van der Waals surface area (Å²) in [5.74, 6) is 1.20. The van der Waals surface area contributed by atoms with E-state index >= 15 is 0 Å². The number of carbonyl (C=O) groups is 1. The van der Waals surface area contributed by atoms with Gasteiger partial charge in [-0.05, 0) is 117 Å². The van der Waals surface area contributed by atoms with Gasteiger partial charge in [0.25, 0.3) is 0 Å². The van der Waals surface area contributed by atoms with Gasteiger partial charge in [0.2, 0.25) is 5.91 Å². The van der Waals surface area contributed by atoms with Gasteiger partial charge < -0.3 is 4.90 Å². The van der Waals surface area contributed by atoms with E-state index in [1.54, 1.807) is 6.92 Å². The van der Waals surface area contributed by atoms with E-state index in [9.17, 15) is 4.79 Å². The molecular formula is C31H45NOS. The van der Waals surface area contributed by atoms with Crippen LogP contribution in [0.2, 0.25) is 0 Å². The molecule has 0 bridgehead atoms. The van der Waals surface area contributed by atoms with Crippen LogP contribution in [0.1, 0.15) is 99.5 Å². The highest BCUT2D eigenvalue weighted by Gasteiger charge is 2.33. The molecule has 1 amide bonds. The molecule has 0 spiro atoms. The molecule has 0 N–H and O–H groups in total. The van der Waals surface area contributed by atoms with Gasteiger partial charge in [-0.15, -0.1) is 11.8 Å². The summed E-state index contributed by atoms with van der Waals surface area (Å²) in [7, 11) is 0. The summed E-state index contributed by atoms with van der Waals surface area (Å²) in [5.41, 5.74) is 7.58. The van der Waals surface area contributed by atoms with Crippen molar-refractivity contribution in [1.29, 1.82) is 0 Å². The predicted molar refractivity (Wildman–Crippen MR) is 153 cm³/mol. The predicted octanol–water partition coefficient (Wildman–Crippen LogP) is 9.53. The minimum absolute atomic E-state index is 0.0898. The van der Waals surface area contributed by atoms with Crippen molar-refractivity contribution in [3.05, 3.63) is 64.8 Å². The maximum Gasteiger partial charge on any atom is 0.224 e. The fraction of sp³-hybridized carbons (Fsp3) is 0.516. The summed E-state index contributed by atoms with van der Waals surface area (Å²) in [5, 5.41) is 0. The molecule has 2 nitrogen and oxygen atoms in total. The highest BCUT2D eigenvalue weighted by Crippen LogP contribution is 2.40. The summed E-state index contributed by atoms with van der Waals surface area (Å²) >= 11 is 1.91. The molecular weight excluding hydrogens is 434 g/mol. The Bertz CT molecular complexity index is 973. The van der Waals surface area contributed by atoms with Gasteiger partial charge >= 0.3 is 0 Å². The minimum atomic E-state index is -0.290. The molecule has 0 aromatic heterocycles. The Balaban J connectivity index is 1.80. The first-order valence-electron chi connectivity index (χ1n) is 12.7. The number of hydrogen-bond donors (Lipinski definition) is 0. The smallest absolute Gasteiger partial charge is 0.224 e. The molecule has 186 valence electrons. The molecule has 34 heavy (non-hydrogen) atoms. The Morgan fingerprint density at radius 2 is 1.56 bits per heavy atom. The second kappa shape index (κ2) is 13.2. The quantitative estimate of drug-likeness (QED) is 0.179. The maximum absolute atomic E-state index is 12.3. The molecule has 1 aromatic rings. The Morgan fingerprint density at radius 3 is 2.18 bits per heavy atom. The third kappa shape index (κ3) is 8.65. The van der Waals surface area contributed by atoms with Crippen molar-refractivity contribution in [1.82, 2.24) is 0 Å². The normalized spacial score (nSPS) is 15.6. The molecule has 0 fully saturated rings. The van der Waals surface area contributed by atoms with Gasteiger partial charge in [-0.2, -0.15) is 0 Å². The van der Waals surface area contributed by atoms with E-state index in [1.807, 2.05) is 16.7 Å². The topological polar surface area (TPSA) is 20.3 Å². The van der Waals surface area contributed by atoms with Crippen molar-refractivity contribution in [3.8, 4) is 0 Å². The molecule has 1 aliphatic rings. The first-order valence-corrected chi connectivity index (χ1v) is 13.7. The number of hydrogen-bond acceptors (Lipinski definition) is 2. The van der Waals surface area contributed by atoms with E-state index in [-0.39, 0.29) is 11.4 Å². The van der Waals surface area contributed by atoms with Crippen LogP contribution in [0.15, 0.2) is 64.1 Å². The number of unbranched alkanes of at least 4 members (excludes halogenated alkanes) is 1. The van der Waals surface area contributed by atoms with E-state index in [1.165, 1.54) is 45.6 Å². The number of benzene rings is 1. The second-order valence-corrected chi connectivity index (χ2v) is 11.6. The van der Waals surface area contributed by atoms with Crippen molar-refractivity contribution in [2.45, 2.75) is 104 Å². The van der Waals surface area contributed by atoms with Gasteiger partial charge in [-0.3, -0.25) is 4.79 Å². The molecule has 1 aromatic carbocycles. The van der Waals surface area contributed by atoms with Crippen LogP contribution in [-0.4, -0.2) is 17.2 Å². The van der Waals surface area contributed by atoms with Crippen molar-refractivity contribution in [2.75, 3.05) is 10.7 Å². The van der Waals surface area contributed by atoms with Crippen LogP contribution in [0.3, 0.4) is 0 Å². The number of nitrogens with zero attached hydrogens (tertiary/aromatic N) is 1. The fourth-order valence-electron chi connectivity index (χ4n) is 4.63. The van der Waals surface area contributed by atoms with Crippen LogP contribution in [-0.2, 0) is 4.79 Å². The lowest BCUT2D eigenvalue weighted by Crippen LogP contribution is -2.47. The summed E-state index contributed by atoms with van der Waals surface area (Å²) < 4.78 is 0. The molecule has 0 radical (unpaired) electrons. The molecule has 3 heteroatoms. The third-order valence-electron chi connectivity index (χ3n) is 6.33. The highest BCUT2D eigenvalue weighted by atomic mass is 32.2. The van der Waals surface area contributed by atoms with Gasteiger partial charge in [-0.1, -0.05) is 41.0 Å². The maximum atomic E-state index is 12.3. The molecule has 1 aliphatic heterocycles. The van der Waals surface area contributed by atoms with E-state index in [4.69, 9.17) is 0 Å². The molecule has 0 aliphatic carbocycles. The van der Waals surface area contributed by atoms with Crippen molar-refractivity contribution in [2.24, 2.45) is 0 Å². The summed E-state index contributed by atoms with van der Waals surface area (Å²) in [6.45, 7) is 16.9. The molecule has 0 atom stereocenters. The number of anilines is 1. The van der Waals surface area contributed by atoms with E-state index in [2.05, 4.69) is 91.0 Å². The van der Waals surface area contributed by atoms with Crippen LogP contribution < -0.4 is 4.90 Å². The van der Waals surface area contributed by atoms with E-state index in [0.717, 1.165) is 37.1 Å². The number of fused-ring (bicyclic) bond motifs is 1. The van der Waals surface area contributed by atoms with Crippen LogP contribution in [0.4, 0.5) is 5.69 Å². The monoisotopic (exact) mass is 479 g/mol. The zero-order valence-corrected chi connectivity index (χ0v) is 23.6. The second-order valence-electron chi connectivity index (χ2n) is 10.5. The van der Waals surface area contributed by atoms with Gasteiger partial charge in [0.15, 0.2) is 0 Å². The zero-order chi connectivity index (χ0) is 25.3. The zero-order valence-electron chi connectivity index (χ0n) is 22.8. The number of amides is 1. The van der Waals surface area contributed by atoms with Gasteiger partial charge in [-0.25, -0.2) is 0 Å². The number of carbonyl (C=O) groups excluding carboxylic acids is 1.